The van der Waals surface area contributed by atoms with Crippen molar-refractivity contribution in [2.75, 3.05) is 0 Å². The molecule has 33 heavy (non-hydrogen) atoms. The van der Waals surface area contributed by atoms with Crippen LogP contribution in [0.15, 0.2) is 0 Å². The molecular weight excluding hydrogens is 398 g/mol. The standard InChI is InChI=1S/C32H57N/c1-3-5-7-9-10-12-27-13-15-28(16-14-27)29-17-19-30(20-18-29)31-21-24-32(26-33,25-22-31)23-11-8-6-4-2/h27-31H,3-25H2,1-2H3/t27-,28-,29?,30?,31-,32-. The molecule has 0 aromatic carbocycles. The second-order valence-corrected chi connectivity index (χ2v) is 12.7. The SMILES string of the molecule is CCCCCCC[C@H]1CC[C@H](C2CCC([C@H]3CC[C@@](C#N)(CCCCCC)CC3)CC2)CC1. The molecule has 0 amide bonds. The molecule has 3 saturated carbocycles. The van der Waals surface area contributed by atoms with Crippen LogP contribution in [0.1, 0.15) is 162 Å². The van der Waals surface area contributed by atoms with Gasteiger partial charge in [-0.1, -0.05) is 90.9 Å². The fourth-order valence-corrected chi connectivity index (χ4v) is 8.04. The Kier molecular flexibility index (Phi) is 12.1. The van der Waals surface area contributed by atoms with Gasteiger partial charge >= 0.3 is 0 Å². The lowest BCUT2D eigenvalue weighted by molar-refractivity contribution is 0.0897. The normalized spacial score (nSPS) is 35.2. The van der Waals surface area contributed by atoms with E-state index in [1.54, 1.807) is 12.8 Å². The van der Waals surface area contributed by atoms with Gasteiger partial charge in [0.15, 0.2) is 0 Å². The summed E-state index contributed by atoms with van der Waals surface area (Å²) in [5, 5.41) is 9.92. The van der Waals surface area contributed by atoms with E-state index in [1.807, 2.05) is 0 Å². The van der Waals surface area contributed by atoms with Crippen LogP contribution in [0.4, 0.5) is 0 Å². The second-order valence-electron chi connectivity index (χ2n) is 12.7. The van der Waals surface area contributed by atoms with Crippen molar-refractivity contribution in [1.29, 1.82) is 5.26 Å². The lowest BCUT2D eigenvalue weighted by Crippen LogP contribution is -2.32. The van der Waals surface area contributed by atoms with Crippen molar-refractivity contribution in [3.63, 3.8) is 0 Å². The molecule has 0 saturated heterocycles. The summed E-state index contributed by atoms with van der Waals surface area (Å²) in [6, 6.07) is 2.79. The van der Waals surface area contributed by atoms with Crippen LogP contribution in [0.25, 0.3) is 0 Å². The fraction of sp³-hybridized carbons (Fsp3) is 0.969. The van der Waals surface area contributed by atoms with Crippen molar-refractivity contribution in [3.05, 3.63) is 0 Å². The number of unbranched alkanes of at least 4 members (excludes halogenated alkanes) is 7. The van der Waals surface area contributed by atoms with E-state index in [1.165, 1.54) is 135 Å². The molecule has 0 aromatic rings. The molecule has 1 heteroatoms. The molecule has 0 aliphatic heterocycles. The molecule has 0 N–H and O–H groups in total. The molecule has 0 bridgehead atoms. The quantitative estimate of drug-likeness (QED) is 0.253. The van der Waals surface area contributed by atoms with Gasteiger partial charge in [0.2, 0.25) is 0 Å². The Bertz CT molecular complexity index is 535. The molecule has 0 heterocycles. The number of hydrogen-bond donors (Lipinski definition) is 0. The van der Waals surface area contributed by atoms with Gasteiger partial charge in [0, 0.05) is 0 Å². The van der Waals surface area contributed by atoms with Gasteiger partial charge in [-0.05, 0) is 100 Å². The van der Waals surface area contributed by atoms with Gasteiger partial charge in [0.25, 0.3) is 0 Å². The molecule has 0 spiro atoms. The summed E-state index contributed by atoms with van der Waals surface area (Å²) >= 11 is 0. The van der Waals surface area contributed by atoms with Gasteiger partial charge in [0.05, 0.1) is 11.5 Å². The lowest BCUT2D eigenvalue weighted by atomic mass is 9.62. The minimum absolute atomic E-state index is 0.0378. The smallest absolute Gasteiger partial charge is 0.0689 e. The highest BCUT2D eigenvalue weighted by atomic mass is 14.5. The molecule has 0 unspecified atom stereocenters. The van der Waals surface area contributed by atoms with Crippen molar-refractivity contribution in [2.45, 2.75) is 162 Å². The van der Waals surface area contributed by atoms with E-state index < -0.39 is 0 Å². The number of rotatable bonds is 13. The summed E-state index contributed by atoms with van der Waals surface area (Å²) in [7, 11) is 0. The second kappa shape index (κ2) is 14.8. The van der Waals surface area contributed by atoms with Crippen LogP contribution in [0, 0.1) is 46.3 Å². The van der Waals surface area contributed by atoms with Crippen LogP contribution >= 0.6 is 0 Å². The first-order valence-corrected chi connectivity index (χ1v) is 15.6. The minimum atomic E-state index is 0.0378. The molecule has 3 aliphatic carbocycles. The van der Waals surface area contributed by atoms with Gasteiger partial charge in [-0.15, -0.1) is 0 Å². The molecule has 190 valence electrons. The van der Waals surface area contributed by atoms with Gasteiger partial charge < -0.3 is 0 Å². The van der Waals surface area contributed by atoms with Crippen LogP contribution in [0.2, 0.25) is 0 Å². The maximum Gasteiger partial charge on any atom is 0.0689 e. The number of nitrogens with zero attached hydrogens (tertiary/aromatic N) is 1. The van der Waals surface area contributed by atoms with Gasteiger partial charge in [-0.25, -0.2) is 0 Å². The van der Waals surface area contributed by atoms with Crippen molar-refractivity contribution in [2.24, 2.45) is 35.0 Å². The zero-order valence-electron chi connectivity index (χ0n) is 22.6. The maximum absolute atomic E-state index is 9.92. The third-order valence-electron chi connectivity index (χ3n) is 10.5. The van der Waals surface area contributed by atoms with E-state index in [2.05, 4.69) is 19.9 Å². The number of hydrogen-bond acceptors (Lipinski definition) is 1. The van der Waals surface area contributed by atoms with E-state index in [0.29, 0.717) is 0 Å². The Hall–Kier alpha value is -0.510. The first-order chi connectivity index (χ1) is 16.2. The van der Waals surface area contributed by atoms with E-state index in [4.69, 9.17) is 0 Å². The van der Waals surface area contributed by atoms with E-state index in [0.717, 1.165) is 29.6 Å². The van der Waals surface area contributed by atoms with Crippen LogP contribution in [0.3, 0.4) is 0 Å². The third-order valence-corrected chi connectivity index (χ3v) is 10.5. The first-order valence-electron chi connectivity index (χ1n) is 15.6. The highest BCUT2D eigenvalue weighted by molar-refractivity contribution is 5.02. The van der Waals surface area contributed by atoms with E-state index >= 15 is 0 Å². The Morgan fingerprint density at radius 1 is 0.576 bits per heavy atom. The van der Waals surface area contributed by atoms with Gasteiger partial charge in [0.1, 0.15) is 0 Å². The summed E-state index contributed by atoms with van der Waals surface area (Å²) in [6.45, 7) is 4.60. The Morgan fingerprint density at radius 3 is 1.55 bits per heavy atom. The van der Waals surface area contributed by atoms with Crippen molar-refractivity contribution >= 4 is 0 Å². The molecule has 1 nitrogen and oxygen atoms in total. The van der Waals surface area contributed by atoms with Crippen molar-refractivity contribution in [3.8, 4) is 6.07 Å². The average Bonchev–Trinajstić information content (AvgIpc) is 2.87. The number of nitriles is 1. The largest absolute Gasteiger partial charge is 0.198 e. The topological polar surface area (TPSA) is 23.8 Å². The van der Waals surface area contributed by atoms with Crippen LogP contribution < -0.4 is 0 Å². The summed E-state index contributed by atoms with van der Waals surface area (Å²) in [5.41, 5.74) is 0.0378. The summed E-state index contributed by atoms with van der Waals surface area (Å²) in [6.07, 6.45) is 32.5. The molecule has 3 aliphatic rings. The Balaban J connectivity index is 1.30. The molecular formula is C32H57N. The van der Waals surface area contributed by atoms with Crippen LogP contribution in [0.5, 0.6) is 0 Å². The molecule has 0 radical (unpaired) electrons. The summed E-state index contributed by atoms with van der Waals surface area (Å²) < 4.78 is 0. The average molecular weight is 456 g/mol. The van der Waals surface area contributed by atoms with Gasteiger partial charge in [-0.3, -0.25) is 0 Å². The van der Waals surface area contributed by atoms with E-state index in [-0.39, 0.29) is 5.41 Å². The van der Waals surface area contributed by atoms with Crippen molar-refractivity contribution in [1.82, 2.24) is 0 Å². The third kappa shape index (κ3) is 8.58. The highest BCUT2D eigenvalue weighted by Crippen LogP contribution is 2.49. The maximum atomic E-state index is 9.92. The molecule has 0 atom stereocenters. The predicted octanol–water partition coefficient (Wildman–Crippen LogP) is 10.6. The lowest BCUT2D eigenvalue weighted by Gasteiger charge is -2.43. The predicted molar refractivity (Wildman–Crippen MR) is 143 cm³/mol. The fourth-order valence-electron chi connectivity index (χ4n) is 8.04. The molecule has 3 fully saturated rings. The van der Waals surface area contributed by atoms with E-state index in [9.17, 15) is 5.26 Å². The van der Waals surface area contributed by atoms with Crippen molar-refractivity contribution < 1.29 is 0 Å². The van der Waals surface area contributed by atoms with Gasteiger partial charge in [-0.2, -0.15) is 5.26 Å². The Morgan fingerprint density at radius 2 is 1.03 bits per heavy atom. The Labute approximate surface area is 207 Å². The molecule has 3 rings (SSSR count). The monoisotopic (exact) mass is 455 g/mol. The highest BCUT2D eigenvalue weighted by Gasteiger charge is 2.39. The zero-order valence-corrected chi connectivity index (χ0v) is 22.6. The van der Waals surface area contributed by atoms with Crippen LogP contribution in [-0.4, -0.2) is 0 Å². The molecule has 0 aromatic heterocycles. The first kappa shape index (κ1) is 27.1. The summed E-state index contributed by atoms with van der Waals surface area (Å²) in [5.74, 6) is 5.09. The van der Waals surface area contributed by atoms with Crippen LogP contribution in [-0.2, 0) is 0 Å². The minimum Gasteiger partial charge on any atom is -0.198 e. The summed E-state index contributed by atoms with van der Waals surface area (Å²) in [4.78, 5) is 0. The zero-order chi connectivity index (χ0) is 23.4.